The number of benzene rings is 1. The van der Waals surface area contributed by atoms with E-state index in [0.29, 0.717) is 41.8 Å². The molecule has 0 radical (unpaired) electrons. The summed E-state index contributed by atoms with van der Waals surface area (Å²) in [5.74, 6) is 1.53. The van der Waals surface area contributed by atoms with E-state index in [1.54, 1.807) is 24.5 Å². The third-order valence-electron chi connectivity index (χ3n) is 4.34. The van der Waals surface area contributed by atoms with Crippen molar-refractivity contribution in [2.45, 2.75) is 19.9 Å². The Balaban J connectivity index is 1.60. The second-order valence-electron chi connectivity index (χ2n) is 6.63. The highest BCUT2D eigenvalue weighted by molar-refractivity contribution is 14.1. The molecule has 0 spiro atoms. The molecule has 1 unspecified atom stereocenters. The lowest BCUT2D eigenvalue weighted by atomic mass is 10.1. The van der Waals surface area contributed by atoms with Crippen molar-refractivity contribution in [3.05, 3.63) is 51.9 Å². The van der Waals surface area contributed by atoms with E-state index in [0.717, 1.165) is 9.99 Å². The smallest absolute Gasteiger partial charge is 0.341 e. The normalized spacial score (nSPS) is 11.8. The van der Waals surface area contributed by atoms with Crippen LogP contribution < -0.4 is 10.5 Å². The molecule has 152 valence electrons. The van der Waals surface area contributed by atoms with Crippen molar-refractivity contribution in [2.75, 3.05) is 19.5 Å². The predicted molar refractivity (Wildman–Crippen MR) is 117 cm³/mol. The second-order valence-corrected chi connectivity index (χ2v) is 7.87. The lowest BCUT2D eigenvalue weighted by Gasteiger charge is -2.15. The first-order valence-electron chi connectivity index (χ1n) is 9.09. The van der Waals surface area contributed by atoms with Gasteiger partial charge >= 0.3 is 5.97 Å². The topological polar surface area (TPSA) is 105 Å². The zero-order chi connectivity index (χ0) is 20.8. The molecule has 0 amide bonds. The largest absolute Gasteiger partial charge is 0.493 e. The summed E-state index contributed by atoms with van der Waals surface area (Å²) >= 11 is 2.15. The van der Waals surface area contributed by atoms with Crippen LogP contribution in [0.2, 0.25) is 0 Å². The van der Waals surface area contributed by atoms with E-state index >= 15 is 0 Å². The molecule has 1 aromatic carbocycles. The van der Waals surface area contributed by atoms with Gasteiger partial charge < -0.3 is 19.8 Å². The van der Waals surface area contributed by atoms with E-state index in [2.05, 4.69) is 44.7 Å². The van der Waals surface area contributed by atoms with Crippen LogP contribution in [-0.2, 0) is 11.3 Å². The van der Waals surface area contributed by atoms with Crippen LogP contribution >= 0.6 is 22.6 Å². The molecule has 9 heteroatoms. The summed E-state index contributed by atoms with van der Waals surface area (Å²) < 4.78 is 13.6. The Morgan fingerprint density at radius 1 is 1.31 bits per heavy atom. The molecule has 29 heavy (non-hydrogen) atoms. The predicted octanol–water partition coefficient (Wildman–Crippen LogP) is 3.42. The Morgan fingerprint density at radius 3 is 2.90 bits per heavy atom. The molecule has 0 saturated heterocycles. The van der Waals surface area contributed by atoms with Crippen LogP contribution in [0.15, 0.2) is 42.7 Å². The van der Waals surface area contributed by atoms with Gasteiger partial charge in [-0.15, -0.1) is 10.2 Å². The van der Waals surface area contributed by atoms with Crippen LogP contribution in [0.1, 0.15) is 23.7 Å². The van der Waals surface area contributed by atoms with Gasteiger partial charge in [-0.1, -0.05) is 13.0 Å². The van der Waals surface area contributed by atoms with Crippen LogP contribution in [0, 0.1) is 9.49 Å². The molecule has 0 aliphatic rings. The SMILES string of the molecule is COC(=O)c1cc(I)ccc1OCCC(C)Cn1cnnc1-c1cccc(N)n1. The fourth-order valence-electron chi connectivity index (χ4n) is 2.86. The fourth-order valence-corrected chi connectivity index (χ4v) is 3.35. The number of carbonyl (C=O) groups is 1. The lowest BCUT2D eigenvalue weighted by Crippen LogP contribution is -2.13. The van der Waals surface area contributed by atoms with Crippen LogP contribution in [0.3, 0.4) is 0 Å². The van der Waals surface area contributed by atoms with Gasteiger partial charge in [-0.2, -0.15) is 0 Å². The highest BCUT2D eigenvalue weighted by atomic mass is 127. The van der Waals surface area contributed by atoms with E-state index in [9.17, 15) is 4.79 Å². The summed E-state index contributed by atoms with van der Waals surface area (Å²) in [7, 11) is 1.36. The molecule has 2 N–H and O–H groups in total. The number of aromatic nitrogens is 4. The summed E-state index contributed by atoms with van der Waals surface area (Å²) in [6.45, 7) is 3.30. The quantitative estimate of drug-likeness (QED) is 0.368. The molecule has 0 fully saturated rings. The average molecular weight is 507 g/mol. The molecule has 0 bridgehead atoms. The number of methoxy groups -OCH3 is 1. The number of nitrogen functional groups attached to an aromatic ring is 1. The van der Waals surface area contributed by atoms with Crippen molar-refractivity contribution in [3.63, 3.8) is 0 Å². The van der Waals surface area contributed by atoms with Crippen LogP contribution in [0.25, 0.3) is 11.5 Å². The molecule has 1 atom stereocenters. The molecule has 3 aromatic rings. The first-order chi connectivity index (χ1) is 14.0. The summed E-state index contributed by atoms with van der Waals surface area (Å²) in [6, 6.07) is 10.9. The average Bonchev–Trinajstić information content (AvgIpc) is 3.16. The van der Waals surface area contributed by atoms with Crippen LogP contribution in [-0.4, -0.2) is 39.4 Å². The van der Waals surface area contributed by atoms with Crippen LogP contribution in [0.4, 0.5) is 5.82 Å². The number of carbonyl (C=O) groups excluding carboxylic acids is 1. The minimum absolute atomic E-state index is 0.288. The van der Waals surface area contributed by atoms with Gasteiger partial charge in [0.05, 0.1) is 13.7 Å². The lowest BCUT2D eigenvalue weighted by molar-refractivity contribution is 0.0595. The van der Waals surface area contributed by atoms with Gasteiger partial charge in [0.2, 0.25) is 0 Å². The number of halogens is 1. The Kier molecular flexibility index (Phi) is 7.02. The second kappa shape index (κ2) is 9.68. The molecule has 0 saturated carbocycles. The standard InChI is InChI=1S/C20H22IN5O3/c1-13(8-9-29-17-7-6-14(21)10-15(17)20(27)28-2)11-26-12-23-25-19(26)16-4-3-5-18(22)24-16/h3-7,10,12-13H,8-9,11H2,1-2H3,(H2,22,24). The Hall–Kier alpha value is -2.69. The molecule has 8 nitrogen and oxygen atoms in total. The Bertz CT molecular complexity index is 992. The van der Waals surface area contributed by atoms with Gasteiger partial charge in [0.15, 0.2) is 5.82 Å². The summed E-state index contributed by atoms with van der Waals surface area (Å²) in [5, 5.41) is 8.18. The first-order valence-corrected chi connectivity index (χ1v) is 10.2. The number of rotatable bonds is 8. The van der Waals surface area contributed by atoms with Crippen molar-refractivity contribution >= 4 is 34.4 Å². The van der Waals surface area contributed by atoms with E-state index in [1.165, 1.54) is 7.11 Å². The van der Waals surface area contributed by atoms with Gasteiger partial charge in [0.1, 0.15) is 29.2 Å². The van der Waals surface area contributed by atoms with Crippen molar-refractivity contribution in [3.8, 4) is 17.3 Å². The van der Waals surface area contributed by atoms with Crippen molar-refractivity contribution in [1.29, 1.82) is 0 Å². The van der Waals surface area contributed by atoms with Gasteiger partial charge in [0.25, 0.3) is 0 Å². The maximum absolute atomic E-state index is 12.0. The van der Waals surface area contributed by atoms with E-state index < -0.39 is 5.97 Å². The summed E-state index contributed by atoms with van der Waals surface area (Å²) in [4.78, 5) is 16.3. The van der Waals surface area contributed by atoms with Gasteiger partial charge in [-0.3, -0.25) is 0 Å². The monoisotopic (exact) mass is 507 g/mol. The van der Waals surface area contributed by atoms with E-state index in [1.807, 2.05) is 22.8 Å². The zero-order valence-corrected chi connectivity index (χ0v) is 18.4. The molecular weight excluding hydrogens is 485 g/mol. The maximum atomic E-state index is 12.0. The molecule has 2 heterocycles. The van der Waals surface area contributed by atoms with Crippen LogP contribution in [0.5, 0.6) is 5.75 Å². The zero-order valence-electron chi connectivity index (χ0n) is 16.2. The van der Waals surface area contributed by atoms with Gasteiger partial charge in [-0.05, 0) is 65.3 Å². The molecule has 0 aliphatic heterocycles. The van der Waals surface area contributed by atoms with Gasteiger partial charge in [0, 0.05) is 10.1 Å². The first kappa shape index (κ1) is 21.0. The Morgan fingerprint density at radius 2 is 2.14 bits per heavy atom. The number of nitrogens with zero attached hydrogens (tertiary/aromatic N) is 4. The number of nitrogens with two attached hydrogens (primary N) is 1. The molecule has 2 aromatic heterocycles. The number of ether oxygens (including phenoxy) is 2. The number of esters is 1. The summed E-state index contributed by atoms with van der Waals surface area (Å²) in [5.41, 5.74) is 6.89. The fraction of sp³-hybridized carbons (Fsp3) is 0.300. The highest BCUT2D eigenvalue weighted by Crippen LogP contribution is 2.23. The number of hydrogen-bond acceptors (Lipinski definition) is 7. The number of anilines is 1. The number of hydrogen-bond donors (Lipinski definition) is 1. The molecular formula is C20H22IN5O3. The van der Waals surface area contributed by atoms with Crippen molar-refractivity contribution in [1.82, 2.24) is 19.7 Å². The third-order valence-corrected chi connectivity index (χ3v) is 5.01. The summed E-state index contributed by atoms with van der Waals surface area (Å²) in [6.07, 6.45) is 2.47. The van der Waals surface area contributed by atoms with E-state index in [4.69, 9.17) is 15.2 Å². The third kappa shape index (κ3) is 5.43. The minimum Gasteiger partial charge on any atom is -0.493 e. The minimum atomic E-state index is -0.407. The van der Waals surface area contributed by atoms with E-state index in [-0.39, 0.29) is 5.92 Å². The maximum Gasteiger partial charge on any atom is 0.341 e. The highest BCUT2D eigenvalue weighted by Gasteiger charge is 2.15. The molecule has 3 rings (SSSR count). The Labute approximate surface area is 182 Å². The van der Waals surface area contributed by atoms with Crippen molar-refractivity contribution in [2.24, 2.45) is 5.92 Å². The van der Waals surface area contributed by atoms with Crippen molar-refractivity contribution < 1.29 is 14.3 Å². The van der Waals surface area contributed by atoms with Gasteiger partial charge in [-0.25, -0.2) is 9.78 Å². The number of pyridine rings is 1. The molecule has 0 aliphatic carbocycles.